The predicted octanol–water partition coefficient (Wildman–Crippen LogP) is 3.51. The zero-order chi connectivity index (χ0) is 9.31. The highest BCUT2D eigenvalue weighted by molar-refractivity contribution is 5.85. The molecule has 0 amide bonds. The summed E-state index contributed by atoms with van der Waals surface area (Å²) in [5.41, 5.74) is 6.69. The average molecular weight is 218 g/mol. The molecule has 0 heterocycles. The highest BCUT2D eigenvalue weighted by Gasteiger charge is 2.36. The average Bonchev–Trinajstić information content (AvgIpc) is 2.16. The lowest BCUT2D eigenvalue weighted by atomic mass is 9.63. The van der Waals surface area contributed by atoms with E-state index in [1.54, 1.807) is 0 Å². The van der Waals surface area contributed by atoms with Gasteiger partial charge in [0, 0.05) is 6.04 Å². The lowest BCUT2D eigenvalue weighted by Crippen LogP contribution is -2.36. The van der Waals surface area contributed by atoms with Gasteiger partial charge in [-0.15, -0.1) is 12.4 Å². The Labute approximate surface area is 94.2 Å². The summed E-state index contributed by atoms with van der Waals surface area (Å²) in [6.07, 6.45) is 11.3. The van der Waals surface area contributed by atoms with Gasteiger partial charge >= 0.3 is 0 Å². The molecule has 2 fully saturated rings. The Kier molecular flexibility index (Phi) is 4.27. The minimum absolute atomic E-state index is 0. The quantitative estimate of drug-likeness (QED) is 0.661. The molecule has 0 radical (unpaired) electrons. The van der Waals surface area contributed by atoms with E-state index in [0.29, 0.717) is 6.04 Å². The van der Waals surface area contributed by atoms with E-state index in [1.165, 1.54) is 51.4 Å². The fraction of sp³-hybridized carbons (Fsp3) is 1.00. The molecule has 0 aromatic heterocycles. The van der Waals surface area contributed by atoms with E-state index < -0.39 is 0 Å². The zero-order valence-electron chi connectivity index (χ0n) is 9.30. The second kappa shape index (κ2) is 4.85. The van der Waals surface area contributed by atoms with Crippen molar-refractivity contribution in [2.75, 3.05) is 0 Å². The van der Waals surface area contributed by atoms with Crippen LogP contribution in [0.15, 0.2) is 0 Å². The lowest BCUT2D eigenvalue weighted by Gasteiger charge is -2.43. The van der Waals surface area contributed by atoms with Crippen LogP contribution in [0, 0.1) is 11.3 Å². The van der Waals surface area contributed by atoms with Gasteiger partial charge in [0.2, 0.25) is 0 Å². The van der Waals surface area contributed by atoms with Crippen molar-refractivity contribution < 1.29 is 0 Å². The van der Waals surface area contributed by atoms with Crippen molar-refractivity contribution in [3.05, 3.63) is 0 Å². The molecule has 0 bridgehead atoms. The van der Waals surface area contributed by atoms with E-state index in [0.717, 1.165) is 11.3 Å². The molecule has 0 aromatic rings. The summed E-state index contributed by atoms with van der Waals surface area (Å²) < 4.78 is 0. The van der Waals surface area contributed by atoms with Crippen LogP contribution in [-0.2, 0) is 0 Å². The van der Waals surface area contributed by atoms with Crippen LogP contribution in [0.4, 0.5) is 0 Å². The fourth-order valence-corrected chi connectivity index (χ4v) is 3.13. The van der Waals surface area contributed by atoms with Gasteiger partial charge < -0.3 is 5.73 Å². The third kappa shape index (κ3) is 2.64. The SMILES string of the molecule is CC1CCC2(CC1)CCC(N)CC2.Cl. The Morgan fingerprint density at radius 2 is 1.36 bits per heavy atom. The molecule has 84 valence electrons. The van der Waals surface area contributed by atoms with E-state index in [-0.39, 0.29) is 12.4 Å². The van der Waals surface area contributed by atoms with Crippen molar-refractivity contribution in [1.82, 2.24) is 0 Å². The van der Waals surface area contributed by atoms with Crippen LogP contribution in [0.25, 0.3) is 0 Å². The summed E-state index contributed by atoms with van der Waals surface area (Å²) >= 11 is 0. The van der Waals surface area contributed by atoms with Gasteiger partial charge in [-0.1, -0.05) is 19.8 Å². The first-order chi connectivity index (χ1) is 6.20. The molecule has 14 heavy (non-hydrogen) atoms. The highest BCUT2D eigenvalue weighted by atomic mass is 35.5. The number of nitrogens with two attached hydrogens (primary N) is 1. The molecule has 2 aliphatic rings. The predicted molar refractivity (Wildman–Crippen MR) is 63.8 cm³/mol. The summed E-state index contributed by atoms with van der Waals surface area (Å²) in [6, 6.07) is 0.518. The zero-order valence-corrected chi connectivity index (χ0v) is 10.1. The number of halogens is 1. The van der Waals surface area contributed by atoms with Gasteiger partial charge in [0.15, 0.2) is 0 Å². The van der Waals surface area contributed by atoms with Gasteiger partial charge in [-0.2, -0.15) is 0 Å². The standard InChI is InChI=1S/C12H23N.ClH/c1-10-2-6-12(7-3-10)8-4-11(13)5-9-12;/h10-11H,2-9,13H2,1H3;1H. The molecule has 0 unspecified atom stereocenters. The minimum Gasteiger partial charge on any atom is -0.328 e. The van der Waals surface area contributed by atoms with Crippen molar-refractivity contribution in [3.63, 3.8) is 0 Å². The molecule has 1 spiro atoms. The number of rotatable bonds is 0. The van der Waals surface area contributed by atoms with Crippen molar-refractivity contribution in [1.29, 1.82) is 0 Å². The fourth-order valence-electron chi connectivity index (χ4n) is 3.13. The molecular formula is C12H24ClN. The Bertz CT molecular complexity index is 142. The van der Waals surface area contributed by atoms with Gasteiger partial charge in [0.1, 0.15) is 0 Å². The largest absolute Gasteiger partial charge is 0.328 e. The first-order valence-corrected chi connectivity index (χ1v) is 5.96. The maximum atomic E-state index is 5.95. The first-order valence-electron chi connectivity index (χ1n) is 5.96. The molecule has 0 aliphatic heterocycles. The second-order valence-electron chi connectivity index (χ2n) is 5.52. The van der Waals surface area contributed by atoms with Crippen molar-refractivity contribution in [2.24, 2.45) is 17.1 Å². The van der Waals surface area contributed by atoms with E-state index in [4.69, 9.17) is 5.73 Å². The third-order valence-corrected chi connectivity index (χ3v) is 4.43. The van der Waals surface area contributed by atoms with Gasteiger partial charge in [-0.25, -0.2) is 0 Å². The van der Waals surface area contributed by atoms with E-state index in [9.17, 15) is 0 Å². The summed E-state index contributed by atoms with van der Waals surface area (Å²) in [5, 5.41) is 0. The molecule has 2 N–H and O–H groups in total. The van der Waals surface area contributed by atoms with Gasteiger partial charge in [-0.3, -0.25) is 0 Å². The van der Waals surface area contributed by atoms with Gasteiger partial charge in [0.05, 0.1) is 0 Å². The van der Waals surface area contributed by atoms with E-state index in [1.807, 2.05) is 0 Å². The maximum absolute atomic E-state index is 5.95. The molecule has 2 heteroatoms. The van der Waals surface area contributed by atoms with Crippen molar-refractivity contribution in [2.45, 2.75) is 64.3 Å². The van der Waals surface area contributed by atoms with Crippen LogP contribution in [0.3, 0.4) is 0 Å². The van der Waals surface area contributed by atoms with Crippen molar-refractivity contribution >= 4 is 12.4 Å². The van der Waals surface area contributed by atoms with Crippen LogP contribution >= 0.6 is 12.4 Å². The maximum Gasteiger partial charge on any atom is 0.00392 e. The van der Waals surface area contributed by atoms with E-state index in [2.05, 4.69) is 6.92 Å². The van der Waals surface area contributed by atoms with Crippen LogP contribution in [0.5, 0.6) is 0 Å². The van der Waals surface area contributed by atoms with Crippen LogP contribution < -0.4 is 5.73 Å². The normalized spacial score (nSPS) is 43.3. The smallest absolute Gasteiger partial charge is 0.00392 e. The third-order valence-electron chi connectivity index (χ3n) is 4.43. The Balaban J connectivity index is 0.000000980. The minimum atomic E-state index is 0. The number of hydrogen-bond donors (Lipinski definition) is 1. The molecule has 2 rings (SSSR count). The molecule has 0 aromatic carbocycles. The lowest BCUT2D eigenvalue weighted by molar-refractivity contribution is 0.0945. The summed E-state index contributed by atoms with van der Waals surface area (Å²) in [5.74, 6) is 0.987. The van der Waals surface area contributed by atoms with Crippen LogP contribution in [0.1, 0.15) is 58.3 Å². The first kappa shape index (κ1) is 12.3. The topological polar surface area (TPSA) is 26.0 Å². The van der Waals surface area contributed by atoms with Crippen molar-refractivity contribution in [3.8, 4) is 0 Å². The van der Waals surface area contributed by atoms with Crippen LogP contribution in [0.2, 0.25) is 0 Å². The Hall–Kier alpha value is 0.250. The molecule has 1 nitrogen and oxygen atoms in total. The molecule has 2 saturated carbocycles. The molecule has 0 saturated heterocycles. The summed E-state index contributed by atoms with van der Waals surface area (Å²) in [6.45, 7) is 2.40. The number of hydrogen-bond acceptors (Lipinski definition) is 1. The molecule has 2 aliphatic carbocycles. The van der Waals surface area contributed by atoms with E-state index >= 15 is 0 Å². The second-order valence-corrected chi connectivity index (χ2v) is 5.52. The van der Waals surface area contributed by atoms with Crippen LogP contribution in [-0.4, -0.2) is 6.04 Å². The Morgan fingerprint density at radius 3 is 1.86 bits per heavy atom. The summed E-state index contributed by atoms with van der Waals surface area (Å²) in [7, 11) is 0. The van der Waals surface area contributed by atoms with Gasteiger partial charge in [0.25, 0.3) is 0 Å². The highest BCUT2D eigenvalue weighted by Crippen LogP contribution is 2.48. The summed E-state index contributed by atoms with van der Waals surface area (Å²) in [4.78, 5) is 0. The van der Waals surface area contributed by atoms with Gasteiger partial charge in [-0.05, 0) is 49.9 Å². The monoisotopic (exact) mass is 217 g/mol. The Morgan fingerprint density at radius 1 is 0.929 bits per heavy atom. The molecular weight excluding hydrogens is 194 g/mol. The molecule has 0 atom stereocenters.